The number of nitrogens with one attached hydrogen (secondary N) is 1. The number of imidazole rings is 1. The molecule has 1 aromatic heterocycles. The molecule has 2 heterocycles. The van der Waals surface area contributed by atoms with Crippen LogP contribution in [0.4, 0.5) is 0 Å². The third-order valence-electron chi connectivity index (χ3n) is 3.90. The van der Waals surface area contributed by atoms with Crippen LogP contribution in [0.2, 0.25) is 0 Å². The largest absolute Gasteiger partial charge is 0.334 e. The molecule has 1 saturated heterocycles. The van der Waals surface area contributed by atoms with Crippen molar-refractivity contribution >= 4 is 0 Å². The van der Waals surface area contributed by atoms with Crippen LogP contribution in [0, 0.1) is 12.8 Å². The summed E-state index contributed by atoms with van der Waals surface area (Å²) in [6.07, 6.45) is 6.51. The molecule has 1 aliphatic rings. The van der Waals surface area contributed by atoms with E-state index < -0.39 is 0 Å². The topological polar surface area (TPSA) is 33.1 Å². The quantitative estimate of drug-likeness (QED) is 0.882. The smallest absolute Gasteiger partial charge is 0.105 e. The standard InChI is InChI=1S/C15H28N4/c1-13(2)11-15-12-18(7-4-5-17-15)9-10-19-8-6-16-14(19)3/h6,8,13,15,17H,4-5,7,9-12H2,1-3H3. The lowest BCUT2D eigenvalue weighted by Crippen LogP contribution is -2.39. The molecule has 4 nitrogen and oxygen atoms in total. The van der Waals surface area contributed by atoms with Gasteiger partial charge < -0.3 is 9.88 Å². The van der Waals surface area contributed by atoms with Crippen molar-refractivity contribution in [2.75, 3.05) is 26.2 Å². The van der Waals surface area contributed by atoms with Crippen molar-refractivity contribution in [1.29, 1.82) is 0 Å². The number of aryl methyl sites for hydroxylation is 1. The molecule has 0 bridgehead atoms. The molecule has 1 aliphatic heterocycles. The van der Waals surface area contributed by atoms with E-state index in [1.807, 2.05) is 6.20 Å². The third-order valence-corrected chi connectivity index (χ3v) is 3.90. The predicted molar refractivity (Wildman–Crippen MR) is 79.3 cm³/mol. The Balaban J connectivity index is 1.83. The Morgan fingerprint density at radius 3 is 2.95 bits per heavy atom. The van der Waals surface area contributed by atoms with E-state index >= 15 is 0 Å². The molecule has 0 aromatic carbocycles. The van der Waals surface area contributed by atoms with Gasteiger partial charge in [-0.1, -0.05) is 13.8 Å². The summed E-state index contributed by atoms with van der Waals surface area (Å²) in [5.41, 5.74) is 0. The maximum absolute atomic E-state index is 4.29. The maximum Gasteiger partial charge on any atom is 0.105 e. The Morgan fingerprint density at radius 1 is 1.42 bits per heavy atom. The fourth-order valence-corrected chi connectivity index (χ4v) is 2.90. The van der Waals surface area contributed by atoms with Crippen LogP contribution < -0.4 is 5.32 Å². The molecule has 0 aliphatic carbocycles. The molecule has 19 heavy (non-hydrogen) atoms. The molecular formula is C15H28N4. The number of hydrogen-bond donors (Lipinski definition) is 1. The zero-order valence-corrected chi connectivity index (χ0v) is 12.6. The second-order valence-corrected chi connectivity index (χ2v) is 6.10. The van der Waals surface area contributed by atoms with E-state index in [4.69, 9.17) is 0 Å². The Hall–Kier alpha value is -0.870. The summed E-state index contributed by atoms with van der Waals surface area (Å²) in [4.78, 5) is 6.89. The Bertz CT molecular complexity index is 372. The first kappa shape index (κ1) is 14.5. The van der Waals surface area contributed by atoms with Crippen molar-refractivity contribution in [3.05, 3.63) is 18.2 Å². The van der Waals surface area contributed by atoms with E-state index in [1.165, 1.54) is 25.9 Å². The lowest BCUT2D eigenvalue weighted by atomic mass is 10.0. The minimum absolute atomic E-state index is 0.659. The molecule has 1 N–H and O–H groups in total. The van der Waals surface area contributed by atoms with E-state index in [9.17, 15) is 0 Å². The molecular weight excluding hydrogens is 236 g/mol. The highest BCUT2D eigenvalue weighted by atomic mass is 15.2. The van der Waals surface area contributed by atoms with Gasteiger partial charge in [0.2, 0.25) is 0 Å². The predicted octanol–water partition coefficient (Wildman–Crippen LogP) is 1.90. The van der Waals surface area contributed by atoms with E-state index in [1.54, 1.807) is 0 Å². The van der Waals surface area contributed by atoms with Crippen molar-refractivity contribution in [2.24, 2.45) is 5.92 Å². The van der Waals surface area contributed by atoms with E-state index in [0.29, 0.717) is 6.04 Å². The van der Waals surface area contributed by atoms with E-state index in [0.717, 1.165) is 31.4 Å². The van der Waals surface area contributed by atoms with Gasteiger partial charge in [0.25, 0.3) is 0 Å². The Morgan fingerprint density at radius 2 is 2.26 bits per heavy atom. The molecule has 1 atom stereocenters. The lowest BCUT2D eigenvalue weighted by molar-refractivity contribution is 0.245. The lowest BCUT2D eigenvalue weighted by Gasteiger charge is -2.25. The highest BCUT2D eigenvalue weighted by Crippen LogP contribution is 2.10. The van der Waals surface area contributed by atoms with Gasteiger partial charge in [-0.25, -0.2) is 4.98 Å². The SMILES string of the molecule is Cc1nccn1CCN1CCCNC(CC(C)C)C1. The van der Waals surface area contributed by atoms with Crippen LogP contribution >= 0.6 is 0 Å². The fraction of sp³-hybridized carbons (Fsp3) is 0.800. The van der Waals surface area contributed by atoms with Crippen LogP contribution in [-0.4, -0.2) is 46.7 Å². The van der Waals surface area contributed by atoms with Crippen LogP contribution in [-0.2, 0) is 6.54 Å². The normalized spacial score (nSPS) is 21.8. The van der Waals surface area contributed by atoms with Crippen molar-refractivity contribution < 1.29 is 0 Å². The van der Waals surface area contributed by atoms with Gasteiger partial charge in [0.05, 0.1) is 0 Å². The minimum Gasteiger partial charge on any atom is -0.334 e. The van der Waals surface area contributed by atoms with Crippen LogP contribution in [0.15, 0.2) is 12.4 Å². The van der Waals surface area contributed by atoms with Gasteiger partial charge in [0, 0.05) is 38.1 Å². The maximum atomic E-state index is 4.29. The molecule has 1 fully saturated rings. The molecule has 1 aromatic rings. The molecule has 2 rings (SSSR count). The van der Waals surface area contributed by atoms with Crippen molar-refractivity contribution in [3.63, 3.8) is 0 Å². The molecule has 0 spiro atoms. The summed E-state index contributed by atoms with van der Waals surface area (Å²) in [7, 11) is 0. The zero-order valence-electron chi connectivity index (χ0n) is 12.6. The van der Waals surface area contributed by atoms with Crippen molar-refractivity contribution in [2.45, 2.75) is 46.2 Å². The highest BCUT2D eigenvalue weighted by Gasteiger charge is 2.18. The van der Waals surface area contributed by atoms with Gasteiger partial charge in [-0.2, -0.15) is 0 Å². The second-order valence-electron chi connectivity index (χ2n) is 6.10. The van der Waals surface area contributed by atoms with Crippen LogP contribution in [0.25, 0.3) is 0 Å². The number of rotatable bonds is 5. The number of aromatic nitrogens is 2. The highest BCUT2D eigenvalue weighted by molar-refractivity contribution is 4.88. The Kier molecular flexibility index (Phi) is 5.40. The molecule has 108 valence electrons. The fourth-order valence-electron chi connectivity index (χ4n) is 2.90. The van der Waals surface area contributed by atoms with Crippen molar-refractivity contribution in [3.8, 4) is 0 Å². The minimum atomic E-state index is 0.659. The Labute approximate surface area is 117 Å². The molecule has 0 saturated carbocycles. The van der Waals surface area contributed by atoms with Gasteiger partial charge in [0.1, 0.15) is 5.82 Å². The average Bonchev–Trinajstić information content (AvgIpc) is 2.62. The van der Waals surface area contributed by atoms with Crippen LogP contribution in [0.1, 0.15) is 32.5 Å². The molecule has 0 amide bonds. The molecule has 1 unspecified atom stereocenters. The second kappa shape index (κ2) is 7.06. The summed E-state index contributed by atoms with van der Waals surface area (Å²) < 4.78 is 2.25. The van der Waals surface area contributed by atoms with Crippen LogP contribution in [0.3, 0.4) is 0 Å². The van der Waals surface area contributed by atoms with Crippen molar-refractivity contribution in [1.82, 2.24) is 19.8 Å². The number of nitrogens with zero attached hydrogens (tertiary/aromatic N) is 3. The molecule has 4 heteroatoms. The van der Waals surface area contributed by atoms with Gasteiger partial charge >= 0.3 is 0 Å². The van der Waals surface area contributed by atoms with Gasteiger partial charge in [0.15, 0.2) is 0 Å². The zero-order chi connectivity index (χ0) is 13.7. The summed E-state index contributed by atoms with van der Waals surface area (Å²) in [5, 5.41) is 3.69. The summed E-state index contributed by atoms with van der Waals surface area (Å²) in [6, 6.07) is 0.659. The summed E-state index contributed by atoms with van der Waals surface area (Å²) >= 11 is 0. The molecule has 0 radical (unpaired) electrons. The van der Waals surface area contributed by atoms with Gasteiger partial charge in [-0.3, -0.25) is 4.90 Å². The first-order valence-electron chi connectivity index (χ1n) is 7.58. The first-order valence-corrected chi connectivity index (χ1v) is 7.58. The average molecular weight is 264 g/mol. The van der Waals surface area contributed by atoms with Gasteiger partial charge in [-0.05, 0) is 38.8 Å². The summed E-state index contributed by atoms with van der Waals surface area (Å²) in [5.74, 6) is 1.89. The number of hydrogen-bond acceptors (Lipinski definition) is 3. The van der Waals surface area contributed by atoms with Crippen LogP contribution in [0.5, 0.6) is 0 Å². The van der Waals surface area contributed by atoms with E-state index in [2.05, 4.69) is 46.7 Å². The summed E-state index contributed by atoms with van der Waals surface area (Å²) in [6.45, 7) is 12.5. The van der Waals surface area contributed by atoms with E-state index in [-0.39, 0.29) is 0 Å². The first-order chi connectivity index (χ1) is 9.15. The monoisotopic (exact) mass is 264 g/mol. The van der Waals surface area contributed by atoms with Gasteiger partial charge in [-0.15, -0.1) is 0 Å². The third kappa shape index (κ3) is 4.62.